The van der Waals surface area contributed by atoms with E-state index in [0.717, 1.165) is 61.0 Å². The summed E-state index contributed by atoms with van der Waals surface area (Å²) in [6.45, 7) is 6.04. The molecule has 1 saturated heterocycles. The highest BCUT2D eigenvalue weighted by Gasteiger charge is 2.30. The summed E-state index contributed by atoms with van der Waals surface area (Å²) in [6.07, 6.45) is 4.50. The molecular weight excluding hydrogens is 380 g/mol. The topological polar surface area (TPSA) is 88.3 Å². The van der Waals surface area contributed by atoms with E-state index in [-0.39, 0.29) is 18.7 Å². The zero-order valence-corrected chi connectivity index (χ0v) is 17.9. The fraction of sp³-hybridized carbons (Fsp3) is 0.500. The third kappa shape index (κ3) is 3.92. The van der Waals surface area contributed by atoms with Gasteiger partial charge in [-0.15, -0.1) is 0 Å². The summed E-state index contributed by atoms with van der Waals surface area (Å²) in [4.78, 5) is 16.1. The van der Waals surface area contributed by atoms with E-state index in [1.807, 2.05) is 12.1 Å². The van der Waals surface area contributed by atoms with Crippen LogP contribution >= 0.6 is 0 Å². The molecule has 1 fully saturated rings. The van der Waals surface area contributed by atoms with E-state index >= 15 is 0 Å². The van der Waals surface area contributed by atoms with E-state index in [0.29, 0.717) is 0 Å². The van der Waals surface area contributed by atoms with Crippen molar-refractivity contribution in [1.82, 2.24) is 19.5 Å². The van der Waals surface area contributed by atoms with Crippen molar-refractivity contribution in [3.63, 3.8) is 0 Å². The van der Waals surface area contributed by atoms with Gasteiger partial charge in [-0.2, -0.15) is 0 Å². The Labute approximate surface area is 176 Å². The first kappa shape index (κ1) is 20.4. The first-order valence-electron chi connectivity index (χ1n) is 10.6. The minimum atomic E-state index is 0.110. The van der Waals surface area contributed by atoms with Crippen LogP contribution in [0, 0.1) is 0 Å². The number of nitrogens with zero attached hydrogens (tertiary/aromatic N) is 5. The van der Waals surface area contributed by atoms with Gasteiger partial charge < -0.3 is 20.1 Å². The van der Waals surface area contributed by atoms with E-state index in [1.165, 1.54) is 5.56 Å². The lowest BCUT2D eigenvalue weighted by molar-refractivity contribution is 0.265. The highest BCUT2D eigenvalue weighted by molar-refractivity contribution is 5.85. The lowest BCUT2D eigenvalue weighted by Crippen LogP contribution is -2.34. The van der Waals surface area contributed by atoms with Crippen LogP contribution in [0.5, 0.6) is 5.75 Å². The van der Waals surface area contributed by atoms with Gasteiger partial charge in [0.15, 0.2) is 17.0 Å². The van der Waals surface area contributed by atoms with Crippen LogP contribution < -0.4 is 15.0 Å². The van der Waals surface area contributed by atoms with Crippen molar-refractivity contribution in [3.8, 4) is 5.75 Å². The molecule has 1 aliphatic rings. The molecule has 3 aromatic rings. The van der Waals surface area contributed by atoms with E-state index in [2.05, 4.69) is 50.7 Å². The highest BCUT2D eigenvalue weighted by atomic mass is 16.5. The maximum atomic E-state index is 9.79. The summed E-state index contributed by atoms with van der Waals surface area (Å²) in [6, 6.07) is 8.41. The highest BCUT2D eigenvalue weighted by Crippen LogP contribution is 2.32. The molecule has 8 nitrogen and oxygen atoms in total. The molecule has 0 amide bonds. The van der Waals surface area contributed by atoms with Gasteiger partial charge in [-0.25, -0.2) is 15.0 Å². The zero-order chi connectivity index (χ0) is 21.1. The Morgan fingerprint density at radius 1 is 1.23 bits per heavy atom. The van der Waals surface area contributed by atoms with Gasteiger partial charge in [-0.3, -0.25) is 4.57 Å². The zero-order valence-electron chi connectivity index (χ0n) is 17.9. The van der Waals surface area contributed by atoms with Gasteiger partial charge in [-0.1, -0.05) is 12.1 Å². The summed E-state index contributed by atoms with van der Waals surface area (Å²) in [5, 5.41) is 13.2. The number of methoxy groups -OCH3 is 1. The summed E-state index contributed by atoms with van der Waals surface area (Å²) < 4.78 is 7.37. The predicted octanol–water partition coefficient (Wildman–Crippen LogP) is 3.03. The largest absolute Gasteiger partial charge is 0.497 e. The maximum Gasteiger partial charge on any atom is 0.208 e. The SMILES string of the molecule is COc1ccc(CCNc2ncnc3c2nc(N2CCCC2CO)n3C(C)C)cc1. The first-order chi connectivity index (χ1) is 14.6. The number of aliphatic hydroxyl groups is 1. The number of ether oxygens (including phenoxy) is 1. The van der Waals surface area contributed by atoms with Gasteiger partial charge in [0.1, 0.15) is 12.1 Å². The van der Waals surface area contributed by atoms with Gasteiger partial charge in [0, 0.05) is 19.1 Å². The minimum absolute atomic E-state index is 0.110. The molecule has 2 aromatic heterocycles. The minimum Gasteiger partial charge on any atom is -0.497 e. The van der Waals surface area contributed by atoms with E-state index in [4.69, 9.17) is 9.72 Å². The van der Waals surface area contributed by atoms with Crippen LogP contribution in [-0.2, 0) is 6.42 Å². The van der Waals surface area contributed by atoms with Crippen LogP contribution in [0.2, 0.25) is 0 Å². The number of rotatable bonds is 8. The van der Waals surface area contributed by atoms with Crippen LogP contribution in [-0.4, -0.2) is 57.5 Å². The number of aromatic nitrogens is 4. The molecule has 2 N–H and O–H groups in total. The standard InChI is InChI=1S/C22H30N6O2/c1-15(2)28-21-19(26-22(28)27-12-4-5-17(27)13-29)20(24-14-25-21)23-11-10-16-6-8-18(30-3)9-7-16/h6-9,14-15,17,29H,4-5,10-13H2,1-3H3,(H,23,24,25). The molecule has 1 atom stereocenters. The van der Waals surface area contributed by atoms with Gasteiger partial charge in [0.25, 0.3) is 0 Å². The molecule has 160 valence electrons. The molecule has 0 bridgehead atoms. The number of anilines is 2. The second kappa shape index (κ2) is 8.87. The summed E-state index contributed by atoms with van der Waals surface area (Å²) in [5.74, 6) is 2.48. The first-order valence-corrected chi connectivity index (χ1v) is 10.6. The molecule has 30 heavy (non-hydrogen) atoms. The predicted molar refractivity (Wildman–Crippen MR) is 118 cm³/mol. The molecule has 3 heterocycles. The Kier molecular flexibility index (Phi) is 6.03. The Hall–Kier alpha value is -2.87. The van der Waals surface area contributed by atoms with Crippen molar-refractivity contribution in [3.05, 3.63) is 36.2 Å². The molecule has 8 heteroatoms. The molecule has 0 spiro atoms. The van der Waals surface area contributed by atoms with Gasteiger partial charge in [0.2, 0.25) is 5.95 Å². The Balaban J connectivity index is 1.58. The van der Waals surface area contributed by atoms with Crippen molar-refractivity contribution >= 4 is 22.9 Å². The molecule has 1 unspecified atom stereocenters. The van der Waals surface area contributed by atoms with Crippen LogP contribution in [0.1, 0.15) is 38.3 Å². The molecule has 1 aliphatic heterocycles. The molecule has 0 radical (unpaired) electrons. The van der Waals surface area contributed by atoms with Crippen LogP contribution in [0.15, 0.2) is 30.6 Å². The number of hydrogen-bond donors (Lipinski definition) is 2. The summed E-state index contributed by atoms with van der Waals surface area (Å²) >= 11 is 0. The lowest BCUT2D eigenvalue weighted by atomic mass is 10.1. The number of imidazole rings is 1. The smallest absolute Gasteiger partial charge is 0.208 e. The average molecular weight is 411 g/mol. The normalized spacial score (nSPS) is 16.6. The lowest BCUT2D eigenvalue weighted by Gasteiger charge is -2.26. The molecular formula is C22H30N6O2. The van der Waals surface area contributed by atoms with Gasteiger partial charge >= 0.3 is 0 Å². The Bertz CT molecular complexity index is 985. The second-order valence-corrected chi connectivity index (χ2v) is 7.97. The average Bonchev–Trinajstić information content (AvgIpc) is 3.38. The van der Waals surface area contributed by atoms with Crippen LogP contribution in [0.25, 0.3) is 11.2 Å². The molecule has 0 aliphatic carbocycles. The van der Waals surface area contributed by atoms with Crippen LogP contribution in [0.4, 0.5) is 11.8 Å². The molecule has 1 aromatic carbocycles. The third-order valence-electron chi connectivity index (χ3n) is 5.68. The summed E-state index contributed by atoms with van der Waals surface area (Å²) in [7, 11) is 1.67. The van der Waals surface area contributed by atoms with Crippen molar-refractivity contribution in [2.24, 2.45) is 0 Å². The summed E-state index contributed by atoms with van der Waals surface area (Å²) in [5.41, 5.74) is 2.83. The van der Waals surface area contributed by atoms with Crippen molar-refractivity contribution in [1.29, 1.82) is 0 Å². The monoisotopic (exact) mass is 410 g/mol. The van der Waals surface area contributed by atoms with Crippen molar-refractivity contribution in [2.75, 3.05) is 37.0 Å². The fourth-order valence-electron chi connectivity index (χ4n) is 4.11. The number of nitrogens with one attached hydrogen (secondary N) is 1. The van der Waals surface area contributed by atoms with Gasteiger partial charge in [0.05, 0.1) is 19.8 Å². The maximum absolute atomic E-state index is 9.79. The quantitative estimate of drug-likeness (QED) is 0.590. The third-order valence-corrected chi connectivity index (χ3v) is 5.68. The number of hydrogen-bond acceptors (Lipinski definition) is 7. The van der Waals surface area contributed by atoms with E-state index < -0.39 is 0 Å². The number of benzene rings is 1. The van der Waals surface area contributed by atoms with Crippen molar-refractivity contribution < 1.29 is 9.84 Å². The van der Waals surface area contributed by atoms with Gasteiger partial charge in [-0.05, 0) is 50.8 Å². The van der Waals surface area contributed by atoms with Crippen LogP contribution in [0.3, 0.4) is 0 Å². The second-order valence-electron chi connectivity index (χ2n) is 7.97. The van der Waals surface area contributed by atoms with Crippen molar-refractivity contribution in [2.45, 2.75) is 45.2 Å². The molecule has 4 rings (SSSR count). The fourth-order valence-corrected chi connectivity index (χ4v) is 4.11. The van der Waals surface area contributed by atoms with E-state index in [1.54, 1.807) is 13.4 Å². The molecule has 0 saturated carbocycles. The Morgan fingerprint density at radius 2 is 2.03 bits per heavy atom. The van der Waals surface area contributed by atoms with E-state index in [9.17, 15) is 5.11 Å². The number of aliphatic hydroxyl groups excluding tert-OH is 1. The number of fused-ring (bicyclic) bond motifs is 1. The Morgan fingerprint density at radius 3 is 2.73 bits per heavy atom.